The Labute approximate surface area is 119 Å². The lowest BCUT2D eigenvalue weighted by molar-refractivity contribution is -0.134. The lowest BCUT2D eigenvalue weighted by Gasteiger charge is -2.14. The lowest BCUT2D eigenvalue weighted by atomic mass is 9.99. The quantitative estimate of drug-likeness (QED) is 0.455. The zero-order valence-corrected chi connectivity index (χ0v) is 12.2. The Morgan fingerprint density at radius 1 is 1.10 bits per heavy atom. The zero-order valence-electron chi connectivity index (χ0n) is 12.2. The Bertz CT molecular complexity index is 517. The summed E-state index contributed by atoms with van der Waals surface area (Å²) in [5.74, 6) is -0.350. The Morgan fingerprint density at radius 2 is 1.60 bits per heavy atom. The number of aryl methyl sites for hydroxylation is 1. The molecule has 0 aliphatic rings. The number of ether oxygens (including phenoxy) is 2. The molecule has 1 aromatic rings. The highest BCUT2D eigenvalue weighted by molar-refractivity contribution is 5.74. The molecule has 0 amide bonds. The third-order valence-corrected chi connectivity index (χ3v) is 2.66. The fourth-order valence-electron chi connectivity index (χ4n) is 1.96. The van der Waals surface area contributed by atoms with Gasteiger partial charge in [-0.3, -0.25) is 9.59 Å². The van der Waals surface area contributed by atoms with Gasteiger partial charge in [-0.25, -0.2) is 0 Å². The van der Waals surface area contributed by atoms with Crippen LogP contribution in [0.1, 0.15) is 38.3 Å². The zero-order chi connectivity index (χ0) is 15.1. The van der Waals surface area contributed by atoms with E-state index in [0.29, 0.717) is 6.42 Å². The molecule has 0 saturated heterocycles. The highest BCUT2D eigenvalue weighted by Gasteiger charge is 2.14. The highest BCUT2D eigenvalue weighted by Crippen LogP contribution is 2.32. The molecule has 1 aromatic carbocycles. The first-order valence-electron chi connectivity index (χ1n) is 6.61. The van der Waals surface area contributed by atoms with Crippen molar-refractivity contribution in [1.29, 1.82) is 0 Å². The molecule has 1 rings (SSSR count). The monoisotopic (exact) mass is 276 g/mol. The van der Waals surface area contributed by atoms with E-state index in [4.69, 9.17) is 9.47 Å². The van der Waals surface area contributed by atoms with E-state index in [1.807, 2.05) is 0 Å². The maximum Gasteiger partial charge on any atom is 0.308 e. The van der Waals surface area contributed by atoms with Gasteiger partial charge in [-0.1, -0.05) is 19.4 Å². The van der Waals surface area contributed by atoms with Crippen molar-refractivity contribution in [2.24, 2.45) is 0 Å². The van der Waals surface area contributed by atoms with Crippen molar-refractivity contribution in [3.05, 3.63) is 35.9 Å². The molecule has 0 heterocycles. The number of hydrogen-bond donors (Lipinski definition) is 0. The fraction of sp³-hybridized carbons (Fsp3) is 0.375. The van der Waals surface area contributed by atoms with Crippen LogP contribution in [-0.2, 0) is 22.4 Å². The third-order valence-electron chi connectivity index (χ3n) is 2.66. The van der Waals surface area contributed by atoms with E-state index in [2.05, 4.69) is 13.5 Å². The van der Waals surface area contributed by atoms with E-state index < -0.39 is 11.9 Å². The third kappa shape index (κ3) is 4.53. The maximum atomic E-state index is 11.2. The van der Waals surface area contributed by atoms with E-state index in [1.165, 1.54) is 13.8 Å². The van der Waals surface area contributed by atoms with E-state index in [0.717, 1.165) is 24.0 Å². The summed E-state index contributed by atoms with van der Waals surface area (Å²) >= 11 is 0. The first-order valence-corrected chi connectivity index (χ1v) is 6.61. The van der Waals surface area contributed by atoms with Gasteiger partial charge in [-0.15, -0.1) is 6.58 Å². The van der Waals surface area contributed by atoms with Gasteiger partial charge in [0, 0.05) is 13.8 Å². The minimum Gasteiger partial charge on any atom is -0.423 e. The number of esters is 2. The van der Waals surface area contributed by atoms with Crippen molar-refractivity contribution in [3.8, 4) is 11.5 Å². The van der Waals surface area contributed by atoms with Crippen LogP contribution in [0, 0.1) is 0 Å². The number of rotatable bonds is 6. The predicted molar refractivity (Wildman–Crippen MR) is 77.0 cm³/mol. The molecule has 108 valence electrons. The molecule has 0 N–H and O–H groups in total. The van der Waals surface area contributed by atoms with Crippen LogP contribution in [0.15, 0.2) is 24.8 Å². The minimum absolute atomic E-state index is 0.268. The smallest absolute Gasteiger partial charge is 0.308 e. The molecule has 0 unspecified atom stereocenters. The van der Waals surface area contributed by atoms with Crippen molar-refractivity contribution in [2.45, 2.75) is 40.0 Å². The fourth-order valence-corrected chi connectivity index (χ4v) is 1.96. The molecule has 0 atom stereocenters. The van der Waals surface area contributed by atoms with Gasteiger partial charge >= 0.3 is 11.9 Å². The van der Waals surface area contributed by atoms with Crippen LogP contribution in [0.2, 0.25) is 0 Å². The summed E-state index contributed by atoms with van der Waals surface area (Å²) in [5, 5.41) is 0. The number of carbonyl (C=O) groups is 2. The second kappa shape index (κ2) is 7.48. The summed E-state index contributed by atoms with van der Waals surface area (Å²) in [4.78, 5) is 22.3. The Hall–Kier alpha value is -2.10. The molecule has 0 bridgehead atoms. The van der Waals surface area contributed by atoms with Crippen LogP contribution in [0.5, 0.6) is 11.5 Å². The normalized spacial score (nSPS) is 9.95. The van der Waals surface area contributed by atoms with E-state index >= 15 is 0 Å². The van der Waals surface area contributed by atoms with Crippen LogP contribution in [0.25, 0.3) is 0 Å². The summed E-state index contributed by atoms with van der Waals surface area (Å²) < 4.78 is 10.2. The second-order valence-electron chi connectivity index (χ2n) is 4.50. The van der Waals surface area contributed by atoms with Crippen LogP contribution in [-0.4, -0.2) is 11.9 Å². The molecule has 0 aromatic heterocycles. The average molecular weight is 276 g/mol. The van der Waals surface area contributed by atoms with Gasteiger partial charge in [0.1, 0.15) is 0 Å². The summed E-state index contributed by atoms with van der Waals surface area (Å²) in [6, 6.07) is 3.51. The van der Waals surface area contributed by atoms with Crippen molar-refractivity contribution in [3.63, 3.8) is 0 Å². The average Bonchev–Trinajstić information content (AvgIpc) is 2.33. The number of carbonyl (C=O) groups excluding carboxylic acids is 2. The summed E-state index contributed by atoms with van der Waals surface area (Å²) in [5.41, 5.74) is 2.09. The van der Waals surface area contributed by atoms with Crippen LogP contribution >= 0.6 is 0 Å². The molecule has 4 nitrogen and oxygen atoms in total. The summed E-state index contributed by atoms with van der Waals surface area (Å²) in [7, 11) is 0. The van der Waals surface area contributed by atoms with Gasteiger partial charge in [0.2, 0.25) is 0 Å². The van der Waals surface area contributed by atoms with Gasteiger partial charge < -0.3 is 9.47 Å². The van der Waals surface area contributed by atoms with Gasteiger partial charge in [0.15, 0.2) is 11.5 Å². The van der Waals surface area contributed by atoms with E-state index in [9.17, 15) is 9.59 Å². The predicted octanol–water partition coefficient (Wildman–Crippen LogP) is 3.22. The second-order valence-corrected chi connectivity index (χ2v) is 4.50. The molecule has 0 spiro atoms. The molecular weight excluding hydrogens is 256 g/mol. The van der Waals surface area contributed by atoms with E-state index in [-0.39, 0.29) is 11.5 Å². The molecule has 0 aliphatic carbocycles. The Kier molecular flexibility index (Phi) is 5.97. The minimum atomic E-state index is -0.453. The van der Waals surface area contributed by atoms with Crippen molar-refractivity contribution < 1.29 is 19.1 Å². The summed E-state index contributed by atoms with van der Waals surface area (Å²) in [6.45, 7) is 8.42. The molecule has 0 radical (unpaired) electrons. The van der Waals surface area contributed by atoms with E-state index in [1.54, 1.807) is 18.2 Å². The molecule has 0 fully saturated rings. The van der Waals surface area contributed by atoms with Crippen LogP contribution < -0.4 is 9.47 Å². The molecule has 0 aliphatic heterocycles. The molecule has 4 heteroatoms. The lowest BCUT2D eigenvalue weighted by Crippen LogP contribution is -2.09. The SMILES string of the molecule is C=CCc1cc(OC(C)=O)c(OC(C)=O)cc1CCC. The summed E-state index contributed by atoms with van der Waals surface area (Å²) in [6.07, 6.45) is 4.29. The number of hydrogen-bond acceptors (Lipinski definition) is 4. The standard InChI is InChI=1S/C16H20O4/c1-5-7-13-9-15(19-11(3)17)16(20-12(4)18)10-14(13)8-6-2/h5,9-10H,1,6-8H2,2-4H3. The molecular formula is C16H20O4. The van der Waals surface area contributed by atoms with Gasteiger partial charge in [-0.2, -0.15) is 0 Å². The Morgan fingerprint density at radius 3 is 2.00 bits per heavy atom. The van der Waals surface area contributed by atoms with Crippen molar-refractivity contribution >= 4 is 11.9 Å². The van der Waals surface area contributed by atoms with Crippen LogP contribution in [0.4, 0.5) is 0 Å². The van der Waals surface area contributed by atoms with Crippen LogP contribution in [0.3, 0.4) is 0 Å². The maximum absolute atomic E-state index is 11.2. The highest BCUT2D eigenvalue weighted by atomic mass is 16.6. The van der Waals surface area contributed by atoms with Gasteiger partial charge in [-0.05, 0) is 36.1 Å². The number of benzene rings is 1. The first kappa shape index (κ1) is 16.0. The van der Waals surface area contributed by atoms with Crippen molar-refractivity contribution in [2.75, 3.05) is 0 Å². The topological polar surface area (TPSA) is 52.6 Å². The molecule has 20 heavy (non-hydrogen) atoms. The number of allylic oxidation sites excluding steroid dienone is 1. The van der Waals surface area contributed by atoms with Gasteiger partial charge in [0.25, 0.3) is 0 Å². The Balaban J connectivity index is 3.29. The first-order chi connectivity index (χ1) is 9.47. The molecule has 0 saturated carbocycles. The van der Waals surface area contributed by atoms with Crippen molar-refractivity contribution in [1.82, 2.24) is 0 Å². The largest absolute Gasteiger partial charge is 0.423 e. The van der Waals surface area contributed by atoms with Gasteiger partial charge in [0.05, 0.1) is 0 Å².